The minimum absolute atomic E-state index is 0.0361. The van der Waals surface area contributed by atoms with Crippen molar-refractivity contribution in [1.29, 1.82) is 0 Å². The van der Waals surface area contributed by atoms with E-state index in [0.29, 0.717) is 37.9 Å². The lowest BCUT2D eigenvalue weighted by molar-refractivity contribution is -0.121. The van der Waals surface area contributed by atoms with Gasteiger partial charge in [-0.15, -0.1) is 11.3 Å². The van der Waals surface area contributed by atoms with E-state index in [2.05, 4.69) is 22.4 Å². The maximum absolute atomic E-state index is 12.9. The number of hydrogen-bond donors (Lipinski definition) is 1. The summed E-state index contributed by atoms with van der Waals surface area (Å²) in [6.07, 6.45) is 1.96. The lowest BCUT2D eigenvalue weighted by Crippen LogP contribution is -2.45. The highest BCUT2D eigenvalue weighted by atomic mass is 32.1. The van der Waals surface area contributed by atoms with Crippen molar-refractivity contribution in [1.82, 2.24) is 10.3 Å². The molecule has 0 unspecified atom stereocenters. The fourth-order valence-electron chi connectivity index (χ4n) is 4.39. The Bertz CT molecular complexity index is 1120. The summed E-state index contributed by atoms with van der Waals surface area (Å²) < 4.78 is 21.9. The van der Waals surface area contributed by atoms with Crippen molar-refractivity contribution in [3.8, 4) is 27.8 Å². The molecule has 0 radical (unpaired) electrons. The number of hydrogen-bond acceptors (Lipinski definition) is 7. The molecule has 0 bridgehead atoms. The number of benzene rings is 2. The summed E-state index contributed by atoms with van der Waals surface area (Å²) >= 11 is 1.51. The first kappa shape index (κ1) is 25.0. The number of nitrogens with zero attached hydrogens (tertiary/aromatic N) is 1. The number of ether oxygens (including phenoxy) is 4. The van der Waals surface area contributed by atoms with E-state index in [4.69, 9.17) is 18.9 Å². The second-order valence-corrected chi connectivity index (χ2v) is 9.38. The Hall–Kier alpha value is -3.10. The van der Waals surface area contributed by atoms with Crippen LogP contribution >= 0.6 is 11.3 Å². The van der Waals surface area contributed by atoms with Gasteiger partial charge in [-0.3, -0.25) is 4.79 Å². The van der Waals surface area contributed by atoms with Crippen LogP contribution in [-0.2, 0) is 21.4 Å². The number of aromatic nitrogens is 1. The van der Waals surface area contributed by atoms with Crippen LogP contribution in [0.25, 0.3) is 10.6 Å². The molecule has 35 heavy (non-hydrogen) atoms. The molecule has 4 rings (SSSR count). The zero-order chi connectivity index (χ0) is 24.7. The number of amides is 1. The second-order valence-electron chi connectivity index (χ2n) is 8.52. The van der Waals surface area contributed by atoms with E-state index in [-0.39, 0.29) is 17.7 Å². The Morgan fingerprint density at radius 3 is 2.51 bits per heavy atom. The van der Waals surface area contributed by atoms with Crippen LogP contribution in [0.3, 0.4) is 0 Å². The van der Waals surface area contributed by atoms with Crippen molar-refractivity contribution in [2.75, 3.05) is 40.6 Å². The second kappa shape index (κ2) is 11.6. The summed E-state index contributed by atoms with van der Waals surface area (Å²) in [5.41, 5.74) is 2.73. The molecule has 0 atom stereocenters. The van der Waals surface area contributed by atoms with Gasteiger partial charge in [-0.2, -0.15) is 0 Å². The van der Waals surface area contributed by atoms with Gasteiger partial charge >= 0.3 is 0 Å². The quantitative estimate of drug-likeness (QED) is 0.441. The third-order valence-electron chi connectivity index (χ3n) is 6.38. The van der Waals surface area contributed by atoms with Gasteiger partial charge < -0.3 is 24.3 Å². The van der Waals surface area contributed by atoms with E-state index in [1.165, 1.54) is 16.9 Å². The molecule has 2 aromatic carbocycles. The third kappa shape index (κ3) is 5.94. The predicted octanol–water partition coefficient (Wildman–Crippen LogP) is 4.63. The van der Waals surface area contributed by atoms with Crippen LogP contribution in [0, 0.1) is 0 Å². The molecule has 0 aliphatic carbocycles. The van der Waals surface area contributed by atoms with Gasteiger partial charge in [-0.05, 0) is 55.7 Å². The van der Waals surface area contributed by atoms with Crippen molar-refractivity contribution in [3.63, 3.8) is 0 Å². The number of methoxy groups -OCH3 is 2. The van der Waals surface area contributed by atoms with Crippen LogP contribution in [0.1, 0.15) is 31.0 Å². The summed E-state index contributed by atoms with van der Waals surface area (Å²) in [6.45, 7) is 4.55. The molecule has 3 aromatic rings. The summed E-state index contributed by atoms with van der Waals surface area (Å²) in [6, 6.07) is 13.9. The lowest BCUT2D eigenvalue weighted by atomic mass is 9.74. The Morgan fingerprint density at radius 1 is 1.09 bits per heavy atom. The molecule has 1 aliphatic heterocycles. The first-order chi connectivity index (χ1) is 17.1. The average molecular weight is 497 g/mol. The maximum Gasteiger partial charge on any atom is 0.226 e. The Balaban J connectivity index is 1.41. The number of thiazole rings is 1. The molecule has 1 aromatic heterocycles. The summed E-state index contributed by atoms with van der Waals surface area (Å²) in [5, 5.41) is 5.93. The molecule has 1 N–H and O–H groups in total. The summed E-state index contributed by atoms with van der Waals surface area (Å²) in [5.74, 6) is 2.14. The van der Waals surface area contributed by atoms with E-state index in [0.717, 1.165) is 34.9 Å². The molecule has 186 valence electrons. The number of carbonyl (C=O) groups is 1. The molecular weight excluding hydrogens is 464 g/mol. The van der Waals surface area contributed by atoms with Gasteiger partial charge in [0, 0.05) is 36.1 Å². The minimum atomic E-state index is -0.147. The van der Waals surface area contributed by atoms with Gasteiger partial charge in [-0.25, -0.2) is 4.98 Å². The zero-order valence-electron chi connectivity index (χ0n) is 20.5. The van der Waals surface area contributed by atoms with Crippen molar-refractivity contribution in [2.24, 2.45) is 0 Å². The maximum atomic E-state index is 12.9. The van der Waals surface area contributed by atoms with Gasteiger partial charge in [-0.1, -0.05) is 12.1 Å². The molecule has 1 saturated heterocycles. The Kier molecular flexibility index (Phi) is 8.25. The van der Waals surface area contributed by atoms with Crippen molar-refractivity contribution in [3.05, 3.63) is 59.1 Å². The predicted molar refractivity (Wildman–Crippen MR) is 137 cm³/mol. The van der Waals surface area contributed by atoms with Crippen LogP contribution in [0.2, 0.25) is 0 Å². The largest absolute Gasteiger partial charge is 0.494 e. The van der Waals surface area contributed by atoms with Gasteiger partial charge in [0.2, 0.25) is 5.91 Å². The van der Waals surface area contributed by atoms with E-state index >= 15 is 0 Å². The highest BCUT2D eigenvalue weighted by molar-refractivity contribution is 7.13. The van der Waals surface area contributed by atoms with E-state index in [9.17, 15) is 4.79 Å². The number of nitrogens with one attached hydrogen (secondary N) is 1. The lowest BCUT2D eigenvalue weighted by Gasteiger charge is -2.38. The topological polar surface area (TPSA) is 78.9 Å². The van der Waals surface area contributed by atoms with E-state index < -0.39 is 0 Å². The molecule has 1 fully saturated rings. The SMILES string of the molecule is CCOc1ccc(C2(CNC(=O)Cc3csc(-c4ccc(OC)c(OC)c4)n3)CCOCC2)cc1. The van der Waals surface area contributed by atoms with Crippen LogP contribution in [0.15, 0.2) is 47.8 Å². The Labute approximate surface area is 210 Å². The fraction of sp³-hybridized carbons (Fsp3) is 0.407. The monoisotopic (exact) mass is 496 g/mol. The first-order valence-electron chi connectivity index (χ1n) is 11.8. The standard InChI is InChI=1S/C27H32N2O5S/c1-4-34-22-8-6-20(7-9-22)27(11-13-33-14-12-27)18-28-25(30)16-21-17-35-26(29-21)19-5-10-23(31-2)24(15-19)32-3/h5-10,15,17H,4,11-14,16,18H2,1-3H3,(H,28,30). The van der Waals surface area contributed by atoms with Crippen LogP contribution in [-0.4, -0.2) is 51.5 Å². The molecule has 0 saturated carbocycles. The molecule has 7 nitrogen and oxygen atoms in total. The van der Waals surface area contributed by atoms with Gasteiger partial charge in [0.1, 0.15) is 10.8 Å². The van der Waals surface area contributed by atoms with E-state index in [1.807, 2.05) is 42.6 Å². The van der Waals surface area contributed by atoms with Gasteiger partial charge in [0.05, 0.1) is 32.9 Å². The number of carbonyl (C=O) groups excluding carboxylic acids is 1. The minimum Gasteiger partial charge on any atom is -0.494 e. The van der Waals surface area contributed by atoms with Crippen LogP contribution in [0.4, 0.5) is 0 Å². The first-order valence-corrected chi connectivity index (χ1v) is 12.7. The number of rotatable bonds is 10. The average Bonchev–Trinajstić information content (AvgIpc) is 3.36. The van der Waals surface area contributed by atoms with E-state index in [1.54, 1.807) is 14.2 Å². The molecule has 0 spiro atoms. The molecular formula is C27H32N2O5S. The van der Waals surface area contributed by atoms with Crippen molar-refractivity contribution in [2.45, 2.75) is 31.6 Å². The molecule has 8 heteroatoms. The van der Waals surface area contributed by atoms with Crippen molar-refractivity contribution >= 4 is 17.2 Å². The van der Waals surface area contributed by atoms with Gasteiger partial charge in [0.25, 0.3) is 0 Å². The molecule has 1 aliphatic rings. The zero-order valence-corrected chi connectivity index (χ0v) is 21.3. The Morgan fingerprint density at radius 2 is 1.83 bits per heavy atom. The fourth-order valence-corrected chi connectivity index (χ4v) is 5.20. The van der Waals surface area contributed by atoms with Crippen molar-refractivity contribution < 1.29 is 23.7 Å². The third-order valence-corrected chi connectivity index (χ3v) is 7.32. The molecule has 2 heterocycles. The highest BCUT2D eigenvalue weighted by Crippen LogP contribution is 2.36. The highest BCUT2D eigenvalue weighted by Gasteiger charge is 2.35. The summed E-state index contributed by atoms with van der Waals surface area (Å²) in [4.78, 5) is 17.5. The van der Waals surface area contributed by atoms with Crippen LogP contribution in [0.5, 0.6) is 17.2 Å². The summed E-state index contributed by atoms with van der Waals surface area (Å²) in [7, 11) is 3.22. The smallest absolute Gasteiger partial charge is 0.226 e. The normalized spacial score (nSPS) is 14.8. The molecule has 1 amide bonds. The van der Waals surface area contributed by atoms with Gasteiger partial charge in [0.15, 0.2) is 11.5 Å². The van der Waals surface area contributed by atoms with Crippen LogP contribution < -0.4 is 19.5 Å².